The minimum absolute atomic E-state index is 0.103. The van der Waals surface area contributed by atoms with E-state index in [9.17, 15) is 13.6 Å². The highest BCUT2D eigenvalue weighted by Gasteiger charge is 2.21. The average molecular weight is 230 g/mol. The van der Waals surface area contributed by atoms with Crippen molar-refractivity contribution in [1.29, 1.82) is 0 Å². The molecule has 1 rings (SSSR count). The third kappa shape index (κ3) is 3.27. The Morgan fingerprint density at radius 3 is 2.62 bits per heavy atom. The van der Waals surface area contributed by atoms with Gasteiger partial charge in [-0.25, -0.2) is 8.78 Å². The molecule has 0 aliphatic rings. The molecular weight excluding hydrogens is 218 g/mol. The SMILES string of the molecule is COCCOc1ccccc1C(=O)C(F)F. The molecule has 16 heavy (non-hydrogen) atoms. The van der Waals surface area contributed by atoms with Gasteiger partial charge in [-0.05, 0) is 12.1 Å². The first-order valence-electron chi connectivity index (χ1n) is 4.70. The van der Waals surface area contributed by atoms with E-state index in [4.69, 9.17) is 9.47 Å². The number of carbonyl (C=O) groups is 1. The van der Waals surface area contributed by atoms with Gasteiger partial charge in [0.1, 0.15) is 12.4 Å². The highest BCUT2D eigenvalue weighted by atomic mass is 19.3. The maximum absolute atomic E-state index is 12.3. The van der Waals surface area contributed by atoms with Crippen LogP contribution in [0.2, 0.25) is 0 Å². The highest BCUT2D eigenvalue weighted by Crippen LogP contribution is 2.20. The number of rotatable bonds is 6. The normalized spacial score (nSPS) is 10.5. The molecule has 0 saturated carbocycles. The second-order valence-corrected chi connectivity index (χ2v) is 3.00. The van der Waals surface area contributed by atoms with Crippen LogP contribution < -0.4 is 4.74 Å². The number of hydrogen-bond acceptors (Lipinski definition) is 3. The molecule has 0 aliphatic carbocycles. The lowest BCUT2D eigenvalue weighted by Crippen LogP contribution is -2.13. The topological polar surface area (TPSA) is 35.5 Å². The van der Waals surface area contributed by atoms with Gasteiger partial charge in [-0.2, -0.15) is 0 Å². The van der Waals surface area contributed by atoms with E-state index in [0.29, 0.717) is 6.61 Å². The standard InChI is InChI=1S/C11H12F2O3/c1-15-6-7-16-9-5-3-2-4-8(9)10(14)11(12)13/h2-5,11H,6-7H2,1H3. The van der Waals surface area contributed by atoms with Gasteiger partial charge in [-0.3, -0.25) is 4.79 Å². The van der Waals surface area contributed by atoms with E-state index in [1.807, 2.05) is 0 Å². The fourth-order valence-corrected chi connectivity index (χ4v) is 1.15. The summed E-state index contributed by atoms with van der Waals surface area (Å²) in [5.41, 5.74) is -0.103. The summed E-state index contributed by atoms with van der Waals surface area (Å²) < 4.78 is 34.4. The summed E-state index contributed by atoms with van der Waals surface area (Å²) >= 11 is 0. The lowest BCUT2D eigenvalue weighted by Gasteiger charge is -2.09. The molecule has 0 aromatic heterocycles. The number of alkyl halides is 2. The van der Waals surface area contributed by atoms with E-state index >= 15 is 0 Å². The predicted molar refractivity (Wildman–Crippen MR) is 54.1 cm³/mol. The number of halogens is 2. The molecule has 5 heteroatoms. The highest BCUT2D eigenvalue weighted by molar-refractivity contribution is 6.00. The Hall–Kier alpha value is -1.49. The van der Waals surface area contributed by atoms with Gasteiger partial charge in [0.25, 0.3) is 0 Å². The molecule has 1 aromatic rings. The third-order valence-electron chi connectivity index (χ3n) is 1.90. The Labute approximate surface area is 92.0 Å². The summed E-state index contributed by atoms with van der Waals surface area (Å²) in [6.45, 7) is 0.543. The lowest BCUT2D eigenvalue weighted by molar-refractivity contribution is 0.0672. The molecule has 0 aliphatic heterocycles. The van der Waals surface area contributed by atoms with E-state index in [1.165, 1.54) is 25.3 Å². The number of ether oxygens (including phenoxy) is 2. The Kier molecular flexibility index (Phi) is 4.85. The first kappa shape index (κ1) is 12.6. The predicted octanol–water partition coefficient (Wildman–Crippen LogP) is 2.16. The van der Waals surface area contributed by atoms with Crippen molar-refractivity contribution in [1.82, 2.24) is 0 Å². The van der Waals surface area contributed by atoms with Crippen LogP contribution in [0.4, 0.5) is 8.78 Å². The minimum Gasteiger partial charge on any atom is -0.490 e. The van der Waals surface area contributed by atoms with Crippen LogP contribution in [0.15, 0.2) is 24.3 Å². The van der Waals surface area contributed by atoms with Crippen LogP contribution in [0.3, 0.4) is 0 Å². The Bertz CT molecular complexity index is 353. The smallest absolute Gasteiger partial charge is 0.300 e. The van der Waals surface area contributed by atoms with Gasteiger partial charge in [-0.1, -0.05) is 12.1 Å². The molecule has 0 spiro atoms. The number of carbonyl (C=O) groups excluding carboxylic acids is 1. The van der Waals surface area contributed by atoms with Crippen molar-refractivity contribution in [3.8, 4) is 5.75 Å². The number of para-hydroxylation sites is 1. The number of benzene rings is 1. The minimum atomic E-state index is -3.02. The van der Waals surface area contributed by atoms with Gasteiger partial charge in [0, 0.05) is 7.11 Å². The van der Waals surface area contributed by atoms with Crippen molar-refractivity contribution in [2.45, 2.75) is 6.43 Å². The van der Waals surface area contributed by atoms with E-state index < -0.39 is 12.2 Å². The zero-order valence-corrected chi connectivity index (χ0v) is 8.78. The van der Waals surface area contributed by atoms with Crippen molar-refractivity contribution < 1.29 is 23.0 Å². The lowest BCUT2D eigenvalue weighted by atomic mass is 10.1. The fraction of sp³-hybridized carbons (Fsp3) is 0.364. The molecule has 0 atom stereocenters. The van der Waals surface area contributed by atoms with Crippen LogP contribution in [-0.4, -0.2) is 32.5 Å². The van der Waals surface area contributed by atoms with Gasteiger partial charge in [-0.15, -0.1) is 0 Å². The second-order valence-electron chi connectivity index (χ2n) is 3.00. The van der Waals surface area contributed by atoms with Crippen LogP contribution in [0.25, 0.3) is 0 Å². The molecular formula is C11H12F2O3. The van der Waals surface area contributed by atoms with E-state index in [0.717, 1.165) is 0 Å². The molecule has 3 nitrogen and oxygen atoms in total. The number of Topliss-reactive ketones (excluding diaryl/α,β-unsaturated/α-hetero) is 1. The average Bonchev–Trinajstić information content (AvgIpc) is 2.29. The maximum atomic E-state index is 12.3. The van der Waals surface area contributed by atoms with Crippen LogP contribution in [-0.2, 0) is 4.74 Å². The first-order valence-corrected chi connectivity index (χ1v) is 4.70. The van der Waals surface area contributed by atoms with Gasteiger partial charge < -0.3 is 9.47 Å². The molecule has 88 valence electrons. The van der Waals surface area contributed by atoms with Gasteiger partial charge in [0.2, 0.25) is 5.78 Å². The van der Waals surface area contributed by atoms with E-state index in [2.05, 4.69) is 0 Å². The second kappa shape index (κ2) is 6.17. The number of hydrogen-bond donors (Lipinski definition) is 0. The van der Waals surface area contributed by atoms with Crippen LogP contribution in [0.5, 0.6) is 5.75 Å². The maximum Gasteiger partial charge on any atom is 0.300 e. The van der Waals surface area contributed by atoms with Crippen molar-refractivity contribution in [2.75, 3.05) is 20.3 Å². The van der Waals surface area contributed by atoms with Gasteiger partial charge in [0.15, 0.2) is 0 Å². The zero-order chi connectivity index (χ0) is 12.0. The summed E-state index contributed by atoms with van der Waals surface area (Å²) in [6, 6.07) is 5.92. The molecule has 0 N–H and O–H groups in total. The number of ketones is 1. The monoisotopic (exact) mass is 230 g/mol. The van der Waals surface area contributed by atoms with E-state index in [-0.39, 0.29) is 17.9 Å². The summed E-state index contributed by atoms with van der Waals surface area (Å²) in [6.07, 6.45) is -3.02. The Morgan fingerprint density at radius 2 is 2.00 bits per heavy atom. The van der Waals surface area contributed by atoms with Gasteiger partial charge >= 0.3 is 6.43 Å². The number of methoxy groups -OCH3 is 1. The molecule has 0 bridgehead atoms. The van der Waals surface area contributed by atoms with Gasteiger partial charge in [0.05, 0.1) is 12.2 Å². The molecule has 0 amide bonds. The van der Waals surface area contributed by atoms with Crippen molar-refractivity contribution in [3.05, 3.63) is 29.8 Å². The van der Waals surface area contributed by atoms with Crippen LogP contribution in [0, 0.1) is 0 Å². The van der Waals surface area contributed by atoms with Crippen molar-refractivity contribution >= 4 is 5.78 Å². The van der Waals surface area contributed by atoms with Crippen LogP contribution in [0.1, 0.15) is 10.4 Å². The summed E-state index contributed by atoms with van der Waals surface area (Å²) in [5.74, 6) is -1.07. The Balaban J connectivity index is 2.79. The largest absolute Gasteiger partial charge is 0.490 e. The molecule has 1 aromatic carbocycles. The van der Waals surface area contributed by atoms with Crippen molar-refractivity contribution in [3.63, 3.8) is 0 Å². The Morgan fingerprint density at radius 1 is 1.31 bits per heavy atom. The summed E-state index contributed by atoms with van der Waals surface area (Å²) in [5, 5.41) is 0. The molecule has 0 fully saturated rings. The fourth-order valence-electron chi connectivity index (χ4n) is 1.15. The molecule has 0 saturated heterocycles. The quantitative estimate of drug-likeness (QED) is 0.555. The summed E-state index contributed by atoms with van der Waals surface area (Å²) in [7, 11) is 1.50. The van der Waals surface area contributed by atoms with Crippen molar-refractivity contribution in [2.24, 2.45) is 0 Å². The molecule has 0 radical (unpaired) electrons. The van der Waals surface area contributed by atoms with Crippen LogP contribution >= 0.6 is 0 Å². The molecule has 0 heterocycles. The molecule has 0 unspecified atom stereocenters. The zero-order valence-electron chi connectivity index (χ0n) is 8.78. The third-order valence-corrected chi connectivity index (χ3v) is 1.90. The van der Waals surface area contributed by atoms with E-state index in [1.54, 1.807) is 6.07 Å². The summed E-state index contributed by atoms with van der Waals surface area (Å²) in [4.78, 5) is 11.1. The first-order chi connectivity index (χ1) is 7.66.